The summed E-state index contributed by atoms with van der Waals surface area (Å²) in [6.07, 6.45) is 11.9. The van der Waals surface area contributed by atoms with Crippen LogP contribution in [0.15, 0.2) is 36.0 Å². The number of nitrogens with zero attached hydrogens (tertiary/aromatic N) is 2. The lowest BCUT2D eigenvalue weighted by molar-refractivity contribution is -0.151. The third kappa shape index (κ3) is 16.5. The van der Waals surface area contributed by atoms with Crippen molar-refractivity contribution in [2.24, 2.45) is 11.8 Å². The number of piperazine rings is 1. The number of rotatable bonds is 25. The lowest BCUT2D eigenvalue weighted by Gasteiger charge is -2.39. The van der Waals surface area contributed by atoms with Crippen molar-refractivity contribution in [1.82, 2.24) is 9.80 Å². The summed E-state index contributed by atoms with van der Waals surface area (Å²) in [4.78, 5) is 32.0. The maximum absolute atomic E-state index is 14.2. The molecule has 3 rings (SSSR count). The molecule has 10 unspecified atom stereocenters. The minimum Gasteiger partial charge on any atom is -0.457 e. The van der Waals surface area contributed by atoms with Crippen LogP contribution in [0.25, 0.3) is 0 Å². The van der Waals surface area contributed by atoms with Crippen LogP contribution in [-0.4, -0.2) is 135 Å². The highest BCUT2D eigenvalue weighted by atomic mass is 28.4. The average Bonchev–Trinajstić information content (AvgIpc) is 4.10. The number of ether oxygens (including phenoxy) is 4. The van der Waals surface area contributed by atoms with Crippen LogP contribution >= 0.6 is 0 Å². The number of epoxide rings is 1. The highest BCUT2D eigenvalue weighted by molar-refractivity contribution is 6.74. The lowest BCUT2D eigenvalue weighted by Crippen LogP contribution is -2.51. The van der Waals surface area contributed by atoms with E-state index < -0.39 is 48.4 Å². The van der Waals surface area contributed by atoms with Gasteiger partial charge in [-0.3, -0.25) is 4.79 Å². The van der Waals surface area contributed by atoms with Gasteiger partial charge in [-0.1, -0.05) is 107 Å². The van der Waals surface area contributed by atoms with E-state index in [0.29, 0.717) is 31.8 Å². The fourth-order valence-corrected chi connectivity index (χ4v) is 19.7. The first-order valence-corrected chi connectivity index (χ1v) is 34.4. The molecule has 0 aromatic rings. The predicted octanol–water partition coefficient (Wildman–Crippen LogP) is 12.7. The number of hydrogen-bond acceptors (Lipinski definition) is 10. The van der Waals surface area contributed by atoms with E-state index in [1.165, 1.54) is 0 Å². The van der Waals surface area contributed by atoms with Gasteiger partial charge in [0.1, 0.15) is 11.7 Å². The number of hydrogen-bond donors (Lipinski definition) is 0. The molecule has 1 amide bonds. The molecule has 67 heavy (non-hydrogen) atoms. The largest absolute Gasteiger partial charge is 0.457 e. The Morgan fingerprint density at radius 3 is 1.99 bits per heavy atom. The Hall–Kier alpha value is -1.63. The number of likely N-dealkylation sites (N-methyl/N-ethyl adjacent to an activating group) is 1. The predicted molar refractivity (Wildman–Crippen MR) is 283 cm³/mol. The minimum absolute atomic E-state index is 0.0872. The summed E-state index contributed by atoms with van der Waals surface area (Å²) >= 11 is 0. The molecule has 0 aliphatic carbocycles. The zero-order chi connectivity index (χ0) is 50.2. The van der Waals surface area contributed by atoms with E-state index in [2.05, 4.69) is 120 Å². The molecule has 11 nitrogen and oxygen atoms in total. The van der Waals surface area contributed by atoms with Gasteiger partial charge in [-0.25, -0.2) is 4.79 Å². The van der Waals surface area contributed by atoms with Crippen LogP contribution in [-0.2, 0) is 37.0 Å². The van der Waals surface area contributed by atoms with Gasteiger partial charge in [-0.15, -0.1) is 0 Å². The summed E-state index contributed by atoms with van der Waals surface area (Å²) in [7, 11) is -2.17. The van der Waals surface area contributed by atoms with Crippen LogP contribution in [0.4, 0.5) is 4.79 Å². The normalized spacial score (nSPS) is 28.3. The maximum Gasteiger partial charge on any atom is 0.410 e. The molecule has 14 heteroatoms. The maximum atomic E-state index is 14.2. The van der Waals surface area contributed by atoms with Crippen molar-refractivity contribution >= 4 is 37.0 Å². The second-order valence-corrected chi connectivity index (χ2v) is 35.1. The number of cyclic esters (lactones) is 1. The Balaban J connectivity index is 2.03. The topological polar surface area (TPSA) is 109 Å². The van der Waals surface area contributed by atoms with Crippen molar-refractivity contribution in [3.8, 4) is 0 Å². The zero-order valence-corrected chi connectivity index (χ0v) is 48.8. The molecule has 0 spiro atoms. The van der Waals surface area contributed by atoms with E-state index >= 15 is 0 Å². The standard InChI is InChI=1S/C53H100N2O9Si3/c1-18-45(63-66(22-5,23-6)24-7)43(13)50-46(59-50)40-52(14,64-67(25-8,26-9)27-10)33-28-29-41(11)49-42(12)30-31-47(60-51(57)55-37-35-54(16)36-38-55)53(15,58-17)34-32-44(39-48(56)61-49)62-65(19-2,20-3)21-4/h28-31,33,42-47,49-50H,18-27,32,34-40H2,1-17H3. The van der Waals surface area contributed by atoms with E-state index in [0.717, 1.165) is 85.9 Å². The molecular weight excluding hydrogens is 893 g/mol. The van der Waals surface area contributed by atoms with Crippen LogP contribution in [0.1, 0.15) is 136 Å². The monoisotopic (exact) mass is 993 g/mol. The number of amides is 1. The van der Waals surface area contributed by atoms with Crippen molar-refractivity contribution in [1.29, 1.82) is 0 Å². The summed E-state index contributed by atoms with van der Waals surface area (Å²) in [5.74, 6) is -0.225. The van der Waals surface area contributed by atoms with Gasteiger partial charge >= 0.3 is 12.1 Å². The highest BCUT2D eigenvalue weighted by Crippen LogP contribution is 2.43. The van der Waals surface area contributed by atoms with Crippen molar-refractivity contribution in [2.75, 3.05) is 40.3 Å². The Labute approximate surface area is 413 Å². The first-order chi connectivity index (χ1) is 31.7. The van der Waals surface area contributed by atoms with Crippen LogP contribution in [0, 0.1) is 11.8 Å². The van der Waals surface area contributed by atoms with Gasteiger partial charge in [0, 0.05) is 57.6 Å². The second kappa shape index (κ2) is 27.3. The summed E-state index contributed by atoms with van der Waals surface area (Å²) in [5.41, 5.74) is -0.504. The second-order valence-electron chi connectivity index (χ2n) is 20.9. The van der Waals surface area contributed by atoms with E-state index in [1.54, 1.807) is 12.0 Å². The number of methoxy groups -OCH3 is 1. The van der Waals surface area contributed by atoms with Crippen LogP contribution < -0.4 is 0 Å². The smallest absolute Gasteiger partial charge is 0.410 e. The Kier molecular flexibility index (Phi) is 24.3. The molecule has 2 saturated heterocycles. The quantitative estimate of drug-likeness (QED) is 0.0288. The van der Waals surface area contributed by atoms with Crippen molar-refractivity contribution < 1.29 is 41.8 Å². The highest BCUT2D eigenvalue weighted by Gasteiger charge is 2.51. The Morgan fingerprint density at radius 1 is 0.896 bits per heavy atom. The zero-order valence-electron chi connectivity index (χ0n) is 45.8. The van der Waals surface area contributed by atoms with Crippen molar-refractivity contribution in [3.63, 3.8) is 0 Å². The third-order valence-corrected chi connectivity index (χ3v) is 30.9. The van der Waals surface area contributed by atoms with Gasteiger partial charge in [-0.05, 0) is 113 Å². The SMILES string of the molecule is CCC(O[Si](CC)(CC)CC)C(C)C1OC1CC(C)(C=CC=C(C)C1OC(=O)CC(O[Si](CC)(CC)CC)CCC(C)(OC)C(OC(=O)N2CCN(C)CC2)C=CC1C)O[Si](CC)(CC)CC. The molecule has 0 aromatic carbocycles. The molecule has 0 N–H and O–H groups in total. The van der Waals surface area contributed by atoms with Crippen LogP contribution in [0.3, 0.4) is 0 Å². The molecule has 3 heterocycles. The van der Waals surface area contributed by atoms with Gasteiger partial charge in [0.25, 0.3) is 0 Å². The fourth-order valence-electron chi connectivity index (χ4n) is 10.7. The Morgan fingerprint density at radius 2 is 1.46 bits per heavy atom. The van der Waals surface area contributed by atoms with Gasteiger partial charge in [0.2, 0.25) is 0 Å². The molecule has 0 bridgehead atoms. The van der Waals surface area contributed by atoms with Crippen LogP contribution in [0.5, 0.6) is 0 Å². The third-order valence-electron chi connectivity index (χ3n) is 16.8. The molecule has 0 aromatic heterocycles. The van der Waals surface area contributed by atoms with E-state index in [-0.39, 0.29) is 48.8 Å². The summed E-state index contributed by atoms with van der Waals surface area (Å²) < 4.78 is 47.2. The number of carbonyl (C=O) groups excluding carboxylic acids is 2. The molecule has 388 valence electrons. The molecule has 3 aliphatic heterocycles. The van der Waals surface area contributed by atoms with Crippen molar-refractivity contribution in [3.05, 3.63) is 36.0 Å². The lowest BCUT2D eigenvalue weighted by atomic mass is 9.88. The molecule has 2 fully saturated rings. The Bertz CT molecular complexity index is 1570. The summed E-state index contributed by atoms with van der Waals surface area (Å²) in [6, 6.07) is 9.47. The van der Waals surface area contributed by atoms with E-state index in [4.69, 9.17) is 32.2 Å². The van der Waals surface area contributed by atoms with Crippen molar-refractivity contribution in [2.45, 2.75) is 238 Å². The molecule has 3 aliphatic rings. The number of carbonyl (C=O) groups is 2. The number of allylic oxidation sites excluding steroid dienone is 2. The van der Waals surface area contributed by atoms with Gasteiger partial charge in [0.15, 0.2) is 31.1 Å². The molecule has 10 atom stereocenters. The molecule has 0 radical (unpaired) electrons. The fraction of sp³-hybridized carbons (Fsp3) is 0.849. The molecule has 0 saturated carbocycles. The van der Waals surface area contributed by atoms with Gasteiger partial charge in [-0.2, -0.15) is 0 Å². The number of esters is 1. The summed E-state index contributed by atoms with van der Waals surface area (Å²) in [5, 5.41) is 0. The molecular formula is C53H100N2O9Si3. The van der Waals surface area contributed by atoms with Gasteiger partial charge in [0.05, 0.1) is 30.3 Å². The van der Waals surface area contributed by atoms with E-state index in [1.807, 2.05) is 26.0 Å². The van der Waals surface area contributed by atoms with Crippen LogP contribution in [0.2, 0.25) is 54.4 Å². The minimum atomic E-state index is -2.11. The van der Waals surface area contributed by atoms with E-state index in [9.17, 15) is 9.59 Å². The average molecular weight is 994 g/mol. The first kappa shape index (κ1) is 59.7. The van der Waals surface area contributed by atoms with Gasteiger partial charge < -0.3 is 42.0 Å². The summed E-state index contributed by atoms with van der Waals surface area (Å²) in [6.45, 7) is 36.1. The first-order valence-electron chi connectivity index (χ1n) is 26.9.